The predicted molar refractivity (Wildman–Crippen MR) is 136 cm³/mol. The molecule has 2 atom stereocenters. The minimum Gasteiger partial charge on any atom is -0.352 e. The van der Waals surface area contributed by atoms with Gasteiger partial charge < -0.3 is 10.2 Å². The van der Waals surface area contributed by atoms with Gasteiger partial charge in [0.25, 0.3) is 0 Å². The molecule has 0 aliphatic rings. The molecule has 7 nitrogen and oxygen atoms in total. The van der Waals surface area contributed by atoms with Crippen molar-refractivity contribution < 1.29 is 18.0 Å². The summed E-state index contributed by atoms with van der Waals surface area (Å²) in [5, 5.41) is 2.91. The Morgan fingerprint density at radius 3 is 2.18 bits per heavy atom. The largest absolute Gasteiger partial charge is 0.352 e. The van der Waals surface area contributed by atoms with Crippen LogP contribution in [0, 0.1) is 0 Å². The predicted octanol–water partition coefficient (Wildman–Crippen LogP) is 3.59. The van der Waals surface area contributed by atoms with E-state index in [9.17, 15) is 18.0 Å². The van der Waals surface area contributed by atoms with Crippen LogP contribution >= 0.6 is 15.9 Å². The van der Waals surface area contributed by atoms with Gasteiger partial charge in [-0.15, -0.1) is 0 Å². The molecule has 0 saturated carbocycles. The number of nitrogens with one attached hydrogen (secondary N) is 1. The van der Waals surface area contributed by atoms with Crippen LogP contribution < -0.4 is 9.62 Å². The number of rotatable bonds is 11. The van der Waals surface area contributed by atoms with Crippen molar-refractivity contribution in [2.75, 3.05) is 23.7 Å². The molecule has 0 saturated heterocycles. The minimum absolute atomic E-state index is 0.0266. The number of carbonyl (C=O) groups excluding carboxylic acids is 2. The van der Waals surface area contributed by atoms with Crippen LogP contribution in [0.3, 0.4) is 0 Å². The number of halogens is 1. The molecule has 0 spiro atoms. The lowest BCUT2D eigenvalue weighted by atomic mass is 10.1. The SMILES string of the molecule is CC[C@H](C)NC(=O)[C@H](C)N(CCc1ccccc1)C(=O)CN(c1ccc(Br)cc1)S(C)(=O)=O. The summed E-state index contributed by atoms with van der Waals surface area (Å²) in [6.07, 6.45) is 2.38. The van der Waals surface area contributed by atoms with Crippen LogP contribution in [0.1, 0.15) is 32.8 Å². The molecule has 1 N–H and O–H groups in total. The maximum atomic E-state index is 13.4. The van der Waals surface area contributed by atoms with Crippen molar-refractivity contribution in [1.29, 1.82) is 0 Å². The fourth-order valence-corrected chi connectivity index (χ4v) is 4.37. The van der Waals surface area contributed by atoms with E-state index < -0.39 is 28.5 Å². The summed E-state index contributed by atoms with van der Waals surface area (Å²) in [4.78, 5) is 27.7. The number of amides is 2. The second-order valence-corrected chi connectivity index (χ2v) is 10.9. The summed E-state index contributed by atoms with van der Waals surface area (Å²) in [6.45, 7) is 5.44. The fraction of sp³-hybridized carbons (Fsp3) is 0.417. The van der Waals surface area contributed by atoms with Crippen molar-refractivity contribution in [2.24, 2.45) is 0 Å². The summed E-state index contributed by atoms with van der Waals surface area (Å²) >= 11 is 3.33. The van der Waals surface area contributed by atoms with Gasteiger partial charge in [-0.1, -0.05) is 53.2 Å². The molecule has 0 aromatic heterocycles. The Kier molecular flexibility index (Phi) is 9.91. The second kappa shape index (κ2) is 12.2. The maximum Gasteiger partial charge on any atom is 0.244 e. The molecule has 0 unspecified atom stereocenters. The number of nitrogens with zero attached hydrogens (tertiary/aromatic N) is 2. The molecule has 2 rings (SSSR count). The highest BCUT2D eigenvalue weighted by molar-refractivity contribution is 9.10. The van der Waals surface area contributed by atoms with Gasteiger partial charge in [0.15, 0.2) is 0 Å². The van der Waals surface area contributed by atoms with Crippen LogP contribution in [-0.4, -0.2) is 56.6 Å². The zero-order chi connectivity index (χ0) is 24.6. The Hall–Kier alpha value is -2.39. The molecule has 0 heterocycles. The molecule has 2 amide bonds. The highest BCUT2D eigenvalue weighted by Crippen LogP contribution is 2.21. The van der Waals surface area contributed by atoms with Gasteiger partial charge in [0.1, 0.15) is 12.6 Å². The van der Waals surface area contributed by atoms with Gasteiger partial charge in [-0.3, -0.25) is 13.9 Å². The van der Waals surface area contributed by atoms with Gasteiger partial charge in [0, 0.05) is 17.1 Å². The van der Waals surface area contributed by atoms with Crippen LogP contribution in [-0.2, 0) is 26.0 Å². The Bertz CT molecular complexity index is 1030. The minimum atomic E-state index is -3.73. The van der Waals surface area contributed by atoms with Crippen LogP contribution in [0.25, 0.3) is 0 Å². The van der Waals surface area contributed by atoms with Gasteiger partial charge in [-0.25, -0.2) is 8.42 Å². The van der Waals surface area contributed by atoms with E-state index in [2.05, 4.69) is 21.2 Å². The van der Waals surface area contributed by atoms with E-state index in [1.165, 1.54) is 4.90 Å². The van der Waals surface area contributed by atoms with Gasteiger partial charge in [0.2, 0.25) is 21.8 Å². The van der Waals surface area contributed by atoms with E-state index >= 15 is 0 Å². The molecule has 0 aliphatic carbocycles. The van der Waals surface area contributed by atoms with Gasteiger partial charge in [-0.05, 0) is 56.5 Å². The van der Waals surface area contributed by atoms with E-state index in [1.54, 1.807) is 31.2 Å². The quantitative estimate of drug-likeness (QED) is 0.474. The molecule has 2 aromatic carbocycles. The van der Waals surface area contributed by atoms with Gasteiger partial charge in [0.05, 0.1) is 11.9 Å². The molecule has 0 radical (unpaired) electrons. The summed E-state index contributed by atoms with van der Waals surface area (Å²) < 4.78 is 26.9. The molecule has 33 heavy (non-hydrogen) atoms. The van der Waals surface area contributed by atoms with Crippen LogP contribution in [0.4, 0.5) is 5.69 Å². The summed E-state index contributed by atoms with van der Waals surface area (Å²) in [5.41, 5.74) is 1.41. The van der Waals surface area contributed by atoms with E-state index in [1.807, 2.05) is 44.2 Å². The average molecular weight is 539 g/mol. The molecular formula is C24H32BrN3O4S. The van der Waals surface area contributed by atoms with Crippen molar-refractivity contribution in [1.82, 2.24) is 10.2 Å². The van der Waals surface area contributed by atoms with Crippen molar-refractivity contribution >= 4 is 43.5 Å². The van der Waals surface area contributed by atoms with Gasteiger partial charge >= 0.3 is 0 Å². The van der Waals surface area contributed by atoms with E-state index in [0.717, 1.165) is 27.0 Å². The zero-order valence-electron chi connectivity index (χ0n) is 19.5. The topological polar surface area (TPSA) is 86.8 Å². The summed E-state index contributed by atoms with van der Waals surface area (Å²) in [7, 11) is -3.73. The first kappa shape index (κ1) is 26.9. The first-order chi connectivity index (χ1) is 15.5. The number of carbonyl (C=O) groups is 2. The molecular weight excluding hydrogens is 506 g/mol. The molecule has 0 aliphatic heterocycles. The third-order valence-corrected chi connectivity index (χ3v) is 7.12. The monoisotopic (exact) mass is 537 g/mol. The third kappa shape index (κ3) is 8.16. The molecule has 0 bridgehead atoms. The molecule has 2 aromatic rings. The highest BCUT2D eigenvalue weighted by Gasteiger charge is 2.30. The van der Waals surface area contributed by atoms with Crippen LogP contribution in [0.15, 0.2) is 59.1 Å². The summed E-state index contributed by atoms with van der Waals surface area (Å²) in [6, 6.07) is 15.6. The van der Waals surface area contributed by atoms with Gasteiger partial charge in [-0.2, -0.15) is 0 Å². The third-order valence-electron chi connectivity index (χ3n) is 5.45. The second-order valence-electron chi connectivity index (χ2n) is 8.06. The number of hydrogen-bond donors (Lipinski definition) is 1. The molecule has 180 valence electrons. The Morgan fingerprint density at radius 2 is 1.64 bits per heavy atom. The van der Waals surface area contributed by atoms with Crippen molar-refractivity contribution in [2.45, 2.75) is 45.7 Å². The molecule has 9 heteroatoms. The lowest BCUT2D eigenvalue weighted by Crippen LogP contribution is -2.53. The van der Waals surface area contributed by atoms with Crippen molar-refractivity contribution in [3.05, 3.63) is 64.6 Å². The number of benzene rings is 2. The first-order valence-corrected chi connectivity index (χ1v) is 13.5. The number of anilines is 1. The van der Waals surface area contributed by atoms with E-state index in [0.29, 0.717) is 12.1 Å². The normalized spacial score (nSPS) is 13.1. The van der Waals surface area contributed by atoms with E-state index in [4.69, 9.17) is 0 Å². The Balaban J connectivity index is 2.29. The highest BCUT2D eigenvalue weighted by atomic mass is 79.9. The van der Waals surface area contributed by atoms with Crippen molar-refractivity contribution in [3.63, 3.8) is 0 Å². The zero-order valence-corrected chi connectivity index (χ0v) is 21.9. The fourth-order valence-electron chi connectivity index (χ4n) is 3.26. The molecule has 0 fully saturated rings. The summed E-state index contributed by atoms with van der Waals surface area (Å²) in [5.74, 6) is -0.702. The Labute approximate surface area is 205 Å². The Morgan fingerprint density at radius 1 is 1.03 bits per heavy atom. The standard InChI is InChI=1S/C24H32BrN3O4S/c1-5-18(2)26-24(30)19(3)27(16-15-20-9-7-6-8-10-20)23(29)17-28(33(4,31)32)22-13-11-21(25)12-14-22/h6-14,18-19H,5,15-17H2,1-4H3,(H,26,30)/t18-,19-/m0/s1. The average Bonchev–Trinajstić information content (AvgIpc) is 2.78. The van der Waals surface area contributed by atoms with E-state index in [-0.39, 0.29) is 18.5 Å². The number of hydrogen-bond acceptors (Lipinski definition) is 4. The maximum absolute atomic E-state index is 13.4. The number of sulfonamides is 1. The first-order valence-electron chi connectivity index (χ1n) is 10.9. The van der Waals surface area contributed by atoms with Crippen molar-refractivity contribution in [3.8, 4) is 0 Å². The lowest BCUT2D eigenvalue weighted by molar-refractivity contribution is -0.139. The smallest absolute Gasteiger partial charge is 0.244 e. The lowest BCUT2D eigenvalue weighted by Gasteiger charge is -2.32. The van der Waals surface area contributed by atoms with Crippen LogP contribution in [0.2, 0.25) is 0 Å². The van der Waals surface area contributed by atoms with Crippen LogP contribution in [0.5, 0.6) is 0 Å².